The molecule has 0 saturated carbocycles. The molecule has 0 fully saturated rings. The molecule has 3 rings (SSSR count). The van der Waals surface area contributed by atoms with E-state index in [1.165, 1.54) is 6.20 Å². The molecule has 6 heteroatoms. The van der Waals surface area contributed by atoms with Crippen molar-refractivity contribution in [3.63, 3.8) is 0 Å². The fourth-order valence-electron chi connectivity index (χ4n) is 1.92. The predicted molar refractivity (Wildman–Crippen MR) is 77.4 cm³/mol. The van der Waals surface area contributed by atoms with Gasteiger partial charge in [0.2, 0.25) is 5.82 Å². The van der Waals surface area contributed by atoms with Crippen LogP contribution in [0.25, 0.3) is 23.0 Å². The highest BCUT2D eigenvalue weighted by Crippen LogP contribution is 2.23. The van der Waals surface area contributed by atoms with E-state index in [0.717, 1.165) is 11.1 Å². The minimum absolute atomic E-state index is 0.307. The quantitative estimate of drug-likeness (QED) is 0.721. The molecular formula is C15H9ClN4O. The first kappa shape index (κ1) is 13.3. The average molecular weight is 297 g/mol. The highest BCUT2D eigenvalue weighted by molar-refractivity contribution is 6.30. The summed E-state index contributed by atoms with van der Waals surface area (Å²) in [5.41, 5.74) is 2.79. The molecule has 102 valence electrons. The van der Waals surface area contributed by atoms with E-state index in [2.05, 4.69) is 21.2 Å². The summed E-state index contributed by atoms with van der Waals surface area (Å²) in [5, 5.41) is 13.5. The summed E-state index contributed by atoms with van der Waals surface area (Å²) < 4.78 is 5.21. The minimum Gasteiger partial charge on any atom is -0.332 e. The normalized spacial score (nSPS) is 10.3. The van der Waals surface area contributed by atoms with E-state index in [-0.39, 0.29) is 0 Å². The summed E-state index contributed by atoms with van der Waals surface area (Å²) in [4.78, 5) is 8.43. The molecule has 1 aromatic carbocycles. The second kappa shape index (κ2) is 5.35. The molecule has 0 aliphatic heterocycles. The molecule has 0 unspecified atom stereocenters. The largest absolute Gasteiger partial charge is 0.332 e. The third-order valence-corrected chi connectivity index (χ3v) is 3.06. The SMILES string of the molecule is Cc1cc(C#N)cc(-c2noc(-c3ccc(Cl)cn3)n2)c1. The number of rotatable bonds is 2. The van der Waals surface area contributed by atoms with Crippen molar-refractivity contribution in [3.05, 3.63) is 52.7 Å². The van der Waals surface area contributed by atoms with Crippen LogP contribution in [-0.2, 0) is 0 Å². The van der Waals surface area contributed by atoms with Gasteiger partial charge in [0.1, 0.15) is 5.69 Å². The lowest BCUT2D eigenvalue weighted by Crippen LogP contribution is -1.86. The van der Waals surface area contributed by atoms with E-state index in [1.807, 2.05) is 13.0 Å². The van der Waals surface area contributed by atoms with Crippen LogP contribution >= 0.6 is 11.6 Å². The van der Waals surface area contributed by atoms with E-state index in [0.29, 0.717) is 28.0 Å². The summed E-state index contributed by atoms with van der Waals surface area (Å²) >= 11 is 5.79. The summed E-state index contributed by atoms with van der Waals surface area (Å²) in [6, 6.07) is 10.9. The maximum Gasteiger partial charge on any atom is 0.276 e. The van der Waals surface area contributed by atoms with Crippen molar-refractivity contribution in [2.45, 2.75) is 6.92 Å². The zero-order valence-corrected chi connectivity index (χ0v) is 11.8. The topological polar surface area (TPSA) is 75.6 Å². The zero-order valence-electron chi connectivity index (χ0n) is 11.0. The highest BCUT2D eigenvalue weighted by Gasteiger charge is 2.12. The Bertz CT molecular complexity index is 834. The molecule has 0 bridgehead atoms. The molecule has 0 aliphatic carbocycles. The Morgan fingerprint density at radius 2 is 2.10 bits per heavy atom. The summed E-state index contributed by atoms with van der Waals surface area (Å²) in [7, 11) is 0. The van der Waals surface area contributed by atoms with Gasteiger partial charge in [-0.3, -0.25) is 0 Å². The van der Waals surface area contributed by atoms with Crippen LogP contribution in [0.1, 0.15) is 11.1 Å². The number of halogens is 1. The van der Waals surface area contributed by atoms with Crippen molar-refractivity contribution in [1.82, 2.24) is 15.1 Å². The van der Waals surface area contributed by atoms with Gasteiger partial charge in [-0.05, 0) is 42.8 Å². The molecule has 0 saturated heterocycles. The van der Waals surface area contributed by atoms with Gasteiger partial charge in [-0.1, -0.05) is 16.8 Å². The van der Waals surface area contributed by atoms with E-state index >= 15 is 0 Å². The number of hydrogen-bond donors (Lipinski definition) is 0. The number of nitrogens with zero attached hydrogens (tertiary/aromatic N) is 4. The van der Waals surface area contributed by atoms with E-state index < -0.39 is 0 Å². The number of aromatic nitrogens is 3. The molecular weight excluding hydrogens is 288 g/mol. The van der Waals surface area contributed by atoms with Crippen LogP contribution in [0.3, 0.4) is 0 Å². The molecule has 5 nitrogen and oxygen atoms in total. The number of pyridine rings is 1. The first-order valence-corrected chi connectivity index (χ1v) is 6.51. The van der Waals surface area contributed by atoms with Crippen molar-refractivity contribution in [2.24, 2.45) is 0 Å². The Kier molecular flexibility index (Phi) is 3.38. The summed E-state index contributed by atoms with van der Waals surface area (Å²) in [6.07, 6.45) is 1.52. The third kappa shape index (κ3) is 2.76. The Balaban J connectivity index is 2.00. The van der Waals surface area contributed by atoms with Crippen molar-refractivity contribution in [3.8, 4) is 29.0 Å². The lowest BCUT2D eigenvalue weighted by molar-refractivity contribution is 0.431. The van der Waals surface area contributed by atoms with Gasteiger partial charge in [-0.25, -0.2) is 4.98 Å². The lowest BCUT2D eigenvalue weighted by atomic mass is 10.1. The fourth-order valence-corrected chi connectivity index (χ4v) is 2.04. The van der Waals surface area contributed by atoms with Gasteiger partial charge < -0.3 is 4.52 Å². The van der Waals surface area contributed by atoms with Crippen molar-refractivity contribution in [1.29, 1.82) is 5.26 Å². The van der Waals surface area contributed by atoms with Crippen LogP contribution in [-0.4, -0.2) is 15.1 Å². The van der Waals surface area contributed by atoms with E-state index in [1.54, 1.807) is 24.3 Å². The third-order valence-electron chi connectivity index (χ3n) is 2.84. The Morgan fingerprint density at radius 3 is 2.81 bits per heavy atom. The number of hydrogen-bond acceptors (Lipinski definition) is 5. The standard InChI is InChI=1S/C15H9ClN4O/c1-9-4-10(7-17)6-11(5-9)14-19-15(21-20-14)13-3-2-12(16)8-18-13/h2-6,8H,1H3. The summed E-state index contributed by atoms with van der Waals surface area (Å²) in [5.74, 6) is 0.726. The maximum absolute atomic E-state index is 9.01. The zero-order chi connectivity index (χ0) is 14.8. The highest BCUT2D eigenvalue weighted by atomic mass is 35.5. The molecule has 0 aliphatic rings. The molecule has 3 aromatic rings. The molecule has 2 aromatic heterocycles. The van der Waals surface area contributed by atoms with Crippen LogP contribution < -0.4 is 0 Å². The number of benzene rings is 1. The predicted octanol–water partition coefficient (Wildman–Crippen LogP) is 3.63. The van der Waals surface area contributed by atoms with Gasteiger partial charge in [0.25, 0.3) is 5.89 Å². The molecule has 21 heavy (non-hydrogen) atoms. The molecule has 0 radical (unpaired) electrons. The first-order chi connectivity index (χ1) is 10.2. The van der Waals surface area contributed by atoms with Crippen LogP contribution in [0.2, 0.25) is 5.02 Å². The van der Waals surface area contributed by atoms with Crippen LogP contribution in [0, 0.1) is 18.3 Å². The van der Waals surface area contributed by atoms with Gasteiger partial charge in [-0.15, -0.1) is 0 Å². The van der Waals surface area contributed by atoms with Gasteiger partial charge in [0, 0.05) is 11.8 Å². The molecule has 2 heterocycles. The van der Waals surface area contributed by atoms with Gasteiger partial charge in [-0.2, -0.15) is 10.2 Å². The van der Waals surface area contributed by atoms with Crippen LogP contribution in [0.4, 0.5) is 0 Å². The molecule has 0 atom stereocenters. The molecule has 0 N–H and O–H groups in total. The lowest BCUT2D eigenvalue weighted by Gasteiger charge is -1.98. The smallest absolute Gasteiger partial charge is 0.276 e. The Morgan fingerprint density at radius 1 is 1.24 bits per heavy atom. The second-order valence-electron chi connectivity index (χ2n) is 4.48. The summed E-state index contributed by atoms with van der Waals surface area (Å²) in [6.45, 7) is 1.91. The van der Waals surface area contributed by atoms with Crippen molar-refractivity contribution in [2.75, 3.05) is 0 Å². The van der Waals surface area contributed by atoms with Crippen LogP contribution in [0.5, 0.6) is 0 Å². The van der Waals surface area contributed by atoms with E-state index in [4.69, 9.17) is 21.4 Å². The average Bonchev–Trinajstić information content (AvgIpc) is 2.97. The number of nitriles is 1. The van der Waals surface area contributed by atoms with Gasteiger partial charge in [0.15, 0.2) is 0 Å². The minimum atomic E-state index is 0.307. The Hall–Kier alpha value is -2.71. The monoisotopic (exact) mass is 296 g/mol. The van der Waals surface area contributed by atoms with Crippen molar-refractivity contribution >= 4 is 11.6 Å². The molecule has 0 amide bonds. The first-order valence-electron chi connectivity index (χ1n) is 6.13. The van der Waals surface area contributed by atoms with Gasteiger partial charge in [0.05, 0.1) is 16.7 Å². The van der Waals surface area contributed by atoms with Crippen LogP contribution in [0.15, 0.2) is 41.1 Å². The van der Waals surface area contributed by atoms with Gasteiger partial charge >= 0.3 is 0 Å². The molecule has 0 spiro atoms. The fraction of sp³-hybridized carbons (Fsp3) is 0.0667. The van der Waals surface area contributed by atoms with Crippen molar-refractivity contribution < 1.29 is 4.52 Å². The maximum atomic E-state index is 9.01. The number of aryl methyl sites for hydroxylation is 1. The second-order valence-corrected chi connectivity index (χ2v) is 4.92. The van der Waals surface area contributed by atoms with E-state index in [9.17, 15) is 0 Å². The Labute approximate surface area is 125 Å².